The number of benzene rings is 1. The number of hydrogen-bond donors (Lipinski definition) is 0. The van der Waals surface area contributed by atoms with Crippen molar-refractivity contribution in [3.05, 3.63) is 42.2 Å². The molecule has 3 unspecified atom stereocenters. The minimum Gasteiger partial charge on any atom is -0.477 e. The van der Waals surface area contributed by atoms with Gasteiger partial charge in [-0.15, -0.1) is 0 Å². The molecule has 0 aromatic heterocycles. The molecule has 0 saturated carbocycles. The van der Waals surface area contributed by atoms with Crippen molar-refractivity contribution in [2.75, 3.05) is 39.5 Å². The normalized spacial score (nSPS) is 29.6. The van der Waals surface area contributed by atoms with Crippen LogP contribution in [0.25, 0.3) is 0 Å². The van der Waals surface area contributed by atoms with E-state index >= 15 is 0 Å². The van der Waals surface area contributed by atoms with Gasteiger partial charge in [0.2, 0.25) is 0 Å². The highest BCUT2D eigenvalue weighted by Crippen LogP contribution is 2.45. The second kappa shape index (κ2) is 8.19. The summed E-state index contributed by atoms with van der Waals surface area (Å²) < 4.78 is 36.9. The second-order valence-corrected chi connectivity index (χ2v) is 7.52. The first-order valence-electron chi connectivity index (χ1n) is 9.84. The van der Waals surface area contributed by atoms with Gasteiger partial charge in [0.15, 0.2) is 17.2 Å². The molecule has 3 atom stereocenters. The Morgan fingerprint density at radius 3 is 2.86 bits per heavy atom. The van der Waals surface area contributed by atoms with Crippen molar-refractivity contribution >= 4 is 5.97 Å². The molecule has 0 aliphatic carbocycles. The molecule has 3 saturated heterocycles. The van der Waals surface area contributed by atoms with Gasteiger partial charge in [-0.25, -0.2) is 9.18 Å². The Morgan fingerprint density at radius 1 is 1.36 bits per heavy atom. The summed E-state index contributed by atoms with van der Waals surface area (Å²) in [6.07, 6.45) is 4.19. The standard InChI is InChI=1S/C21H26FNO5/c1-2-21(14-16-4-6-19(21)27-16)28-18-13-15(3-5-17(18)22)20(24)26-12-9-23-7-10-25-11-8-23/h2-3,5,13,16,19H,1,4,6-12,14H2. The summed E-state index contributed by atoms with van der Waals surface area (Å²) >= 11 is 0. The van der Waals surface area contributed by atoms with Gasteiger partial charge in [-0.05, 0) is 37.1 Å². The summed E-state index contributed by atoms with van der Waals surface area (Å²) in [6.45, 7) is 7.86. The van der Waals surface area contributed by atoms with Gasteiger partial charge in [0, 0.05) is 26.1 Å². The zero-order valence-electron chi connectivity index (χ0n) is 15.9. The van der Waals surface area contributed by atoms with Crippen LogP contribution in [-0.2, 0) is 14.2 Å². The van der Waals surface area contributed by atoms with E-state index in [0.717, 1.165) is 25.9 Å². The van der Waals surface area contributed by atoms with Crippen LogP contribution in [0.3, 0.4) is 0 Å². The van der Waals surface area contributed by atoms with Gasteiger partial charge in [0.1, 0.15) is 12.7 Å². The number of halogens is 1. The summed E-state index contributed by atoms with van der Waals surface area (Å²) in [5.74, 6) is -0.984. The molecule has 3 aliphatic rings. The summed E-state index contributed by atoms with van der Waals surface area (Å²) in [4.78, 5) is 14.6. The number of carbonyl (C=O) groups is 1. The lowest BCUT2D eigenvalue weighted by atomic mass is 9.84. The molecule has 0 spiro atoms. The van der Waals surface area contributed by atoms with Crippen LogP contribution >= 0.6 is 0 Å². The smallest absolute Gasteiger partial charge is 0.338 e. The van der Waals surface area contributed by atoms with E-state index in [1.807, 2.05) is 0 Å². The minimum absolute atomic E-state index is 0.0266. The molecule has 0 amide bonds. The van der Waals surface area contributed by atoms with Crippen molar-refractivity contribution < 1.29 is 28.1 Å². The molecule has 0 radical (unpaired) electrons. The van der Waals surface area contributed by atoms with Gasteiger partial charge in [0.05, 0.1) is 24.9 Å². The van der Waals surface area contributed by atoms with Crippen molar-refractivity contribution in [1.29, 1.82) is 0 Å². The fraction of sp³-hybridized carbons (Fsp3) is 0.571. The summed E-state index contributed by atoms with van der Waals surface area (Å²) in [5, 5.41) is 0. The molecule has 3 fully saturated rings. The average molecular weight is 391 g/mol. The van der Waals surface area contributed by atoms with Crippen molar-refractivity contribution in [3.8, 4) is 5.75 Å². The number of carbonyl (C=O) groups excluding carboxylic acids is 1. The van der Waals surface area contributed by atoms with Gasteiger partial charge < -0.3 is 18.9 Å². The van der Waals surface area contributed by atoms with Crippen LogP contribution in [0.1, 0.15) is 29.6 Å². The van der Waals surface area contributed by atoms with E-state index in [9.17, 15) is 9.18 Å². The van der Waals surface area contributed by atoms with Crippen LogP contribution in [0.4, 0.5) is 4.39 Å². The van der Waals surface area contributed by atoms with E-state index in [-0.39, 0.29) is 30.1 Å². The molecule has 0 N–H and O–H groups in total. The van der Waals surface area contributed by atoms with E-state index in [2.05, 4.69) is 11.5 Å². The van der Waals surface area contributed by atoms with Crippen molar-refractivity contribution in [3.63, 3.8) is 0 Å². The first-order valence-corrected chi connectivity index (χ1v) is 9.84. The Labute approximate surface area is 164 Å². The number of fused-ring (bicyclic) bond motifs is 2. The quantitative estimate of drug-likeness (QED) is 0.526. The maximum atomic E-state index is 14.4. The Hall–Kier alpha value is -1.96. The van der Waals surface area contributed by atoms with Crippen LogP contribution in [0, 0.1) is 5.82 Å². The molecule has 2 bridgehead atoms. The topological polar surface area (TPSA) is 57.2 Å². The maximum absolute atomic E-state index is 14.4. The molecular formula is C21H26FNO5. The van der Waals surface area contributed by atoms with Crippen LogP contribution in [0.15, 0.2) is 30.9 Å². The minimum atomic E-state index is -0.747. The Bertz CT molecular complexity index is 736. The number of esters is 1. The van der Waals surface area contributed by atoms with Crippen LogP contribution in [0.2, 0.25) is 0 Å². The maximum Gasteiger partial charge on any atom is 0.338 e. The number of morpholine rings is 1. The van der Waals surface area contributed by atoms with E-state index < -0.39 is 17.4 Å². The zero-order valence-corrected chi connectivity index (χ0v) is 15.9. The number of rotatable bonds is 7. The summed E-state index contributed by atoms with van der Waals surface area (Å²) in [7, 11) is 0. The predicted octanol–water partition coefficient (Wildman–Crippen LogP) is 2.57. The number of hydrogen-bond acceptors (Lipinski definition) is 6. The average Bonchev–Trinajstić information content (AvgIpc) is 3.32. The third-order valence-corrected chi connectivity index (χ3v) is 5.76. The molecule has 152 valence electrons. The Kier molecular flexibility index (Phi) is 5.66. The highest BCUT2D eigenvalue weighted by molar-refractivity contribution is 5.89. The molecule has 3 heterocycles. The molecule has 28 heavy (non-hydrogen) atoms. The third-order valence-electron chi connectivity index (χ3n) is 5.76. The molecule has 1 aromatic carbocycles. The molecular weight excluding hydrogens is 365 g/mol. The fourth-order valence-electron chi connectivity index (χ4n) is 4.16. The largest absolute Gasteiger partial charge is 0.477 e. The SMILES string of the molecule is C=CC1(Oc2cc(C(=O)OCCN3CCOCC3)ccc2F)CC2CCC1O2. The lowest BCUT2D eigenvalue weighted by Crippen LogP contribution is -2.43. The van der Waals surface area contributed by atoms with Gasteiger partial charge in [0.25, 0.3) is 0 Å². The molecule has 7 heteroatoms. The zero-order chi connectivity index (χ0) is 19.6. The first-order chi connectivity index (χ1) is 13.6. The van der Waals surface area contributed by atoms with Gasteiger partial charge in [-0.1, -0.05) is 6.58 Å². The van der Waals surface area contributed by atoms with Gasteiger partial charge >= 0.3 is 5.97 Å². The van der Waals surface area contributed by atoms with Crippen LogP contribution in [-0.4, -0.2) is 68.1 Å². The number of nitrogens with zero attached hydrogens (tertiary/aromatic N) is 1. The van der Waals surface area contributed by atoms with Crippen molar-refractivity contribution in [2.24, 2.45) is 0 Å². The van der Waals surface area contributed by atoms with E-state index in [1.54, 1.807) is 6.08 Å². The predicted molar refractivity (Wildman–Crippen MR) is 100 cm³/mol. The molecule has 3 aliphatic heterocycles. The molecule has 4 rings (SSSR count). The van der Waals surface area contributed by atoms with E-state index in [1.165, 1.54) is 18.2 Å². The Morgan fingerprint density at radius 2 is 2.18 bits per heavy atom. The number of ether oxygens (including phenoxy) is 4. The van der Waals surface area contributed by atoms with E-state index in [0.29, 0.717) is 26.2 Å². The monoisotopic (exact) mass is 391 g/mol. The van der Waals surface area contributed by atoms with Crippen molar-refractivity contribution in [2.45, 2.75) is 37.1 Å². The van der Waals surface area contributed by atoms with E-state index in [4.69, 9.17) is 18.9 Å². The summed E-state index contributed by atoms with van der Waals surface area (Å²) in [5.41, 5.74) is -0.482. The lowest BCUT2D eigenvalue weighted by Gasteiger charge is -2.33. The van der Waals surface area contributed by atoms with Gasteiger partial charge in [-0.3, -0.25) is 4.90 Å². The molecule has 6 nitrogen and oxygen atoms in total. The third kappa shape index (κ3) is 3.92. The second-order valence-electron chi connectivity index (χ2n) is 7.52. The van der Waals surface area contributed by atoms with Gasteiger partial charge in [-0.2, -0.15) is 0 Å². The Balaban J connectivity index is 1.39. The molecule has 1 aromatic rings. The first kappa shape index (κ1) is 19.4. The lowest BCUT2D eigenvalue weighted by molar-refractivity contribution is 0.0188. The highest BCUT2D eigenvalue weighted by atomic mass is 19.1. The van der Waals surface area contributed by atoms with Crippen LogP contribution < -0.4 is 4.74 Å². The van der Waals surface area contributed by atoms with Crippen molar-refractivity contribution in [1.82, 2.24) is 4.90 Å². The van der Waals surface area contributed by atoms with Crippen LogP contribution in [0.5, 0.6) is 5.75 Å². The fourth-order valence-corrected chi connectivity index (χ4v) is 4.16. The highest BCUT2D eigenvalue weighted by Gasteiger charge is 2.53. The summed E-state index contributed by atoms with van der Waals surface area (Å²) in [6, 6.07) is 4.06.